The molecular weight excluding hydrogens is 316 g/mol. The van der Waals surface area contributed by atoms with Gasteiger partial charge in [0.1, 0.15) is 0 Å². The predicted octanol–water partition coefficient (Wildman–Crippen LogP) is 2.63. The number of fused-ring (bicyclic) bond motifs is 1. The Hall–Kier alpha value is -1.30. The monoisotopic (exact) mass is 338 g/mol. The van der Waals surface area contributed by atoms with Crippen molar-refractivity contribution in [1.82, 2.24) is 10.6 Å². The van der Waals surface area contributed by atoms with Crippen LogP contribution in [0.3, 0.4) is 0 Å². The average Bonchev–Trinajstić information content (AvgIpc) is 3.03. The number of carbonyl (C=O) groups excluding carboxylic acids is 1. The van der Waals surface area contributed by atoms with E-state index in [0.29, 0.717) is 22.6 Å². The number of halogens is 1. The van der Waals surface area contributed by atoms with Gasteiger partial charge in [-0.3, -0.25) is 0 Å². The molecule has 3 rings (SSSR count). The topological polar surface area (TPSA) is 70.6 Å². The molecule has 1 saturated carbocycles. The van der Waals surface area contributed by atoms with Gasteiger partial charge >= 0.3 is 6.03 Å². The molecule has 0 bridgehead atoms. The summed E-state index contributed by atoms with van der Waals surface area (Å²) in [7, 11) is 0. The van der Waals surface area contributed by atoms with E-state index in [-0.39, 0.29) is 18.6 Å². The highest BCUT2D eigenvalue weighted by molar-refractivity contribution is 6.31. The molecule has 1 aromatic carbocycles. The van der Waals surface area contributed by atoms with Crippen LogP contribution in [0.2, 0.25) is 5.02 Å². The molecule has 6 heteroatoms. The van der Waals surface area contributed by atoms with Crippen molar-refractivity contribution < 1.29 is 14.6 Å². The normalized spacial score (nSPS) is 28.0. The molecule has 2 amide bonds. The van der Waals surface area contributed by atoms with Crippen LogP contribution in [-0.2, 0) is 4.74 Å². The zero-order chi connectivity index (χ0) is 16.2. The zero-order valence-corrected chi connectivity index (χ0v) is 13.8. The molecule has 2 fully saturated rings. The quantitative estimate of drug-likeness (QED) is 0.790. The highest BCUT2D eigenvalue weighted by Crippen LogP contribution is 2.34. The summed E-state index contributed by atoms with van der Waals surface area (Å²) in [6.45, 7) is 0.924. The number of aliphatic hydroxyl groups excluding tert-OH is 1. The van der Waals surface area contributed by atoms with Crippen molar-refractivity contribution in [1.29, 1.82) is 0 Å². The minimum absolute atomic E-state index is 0.132. The maximum Gasteiger partial charge on any atom is 0.315 e. The Bertz CT molecular complexity index is 554. The van der Waals surface area contributed by atoms with E-state index < -0.39 is 6.10 Å². The lowest BCUT2D eigenvalue weighted by molar-refractivity contribution is 0.0548. The Morgan fingerprint density at radius 2 is 2.17 bits per heavy atom. The first-order chi connectivity index (χ1) is 11.1. The number of benzene rings is 1. The zero-order valence-electron chi connectivity index (χ0n) is 13.0. The summed E-state index contributed by atoms with van der Waals surface area (Å²) >= 11 is 6.05. The van der Waals surface area contributed by atoms with Crippen LogP contribution < -0.4 is 10.6 Å². The maximum atomic E-state index is 12.1. The largest absolute Gasteiger partial charge is 0.387 e. The number of aliphatic hydroxyl groups is 1. The van der Waals surface area contributed by atoms with Gasteiger partial charge in [-0.2, -0.15) is 0 Å². The minimum atomic E-state index is -0.816. The minimum Gasteiger partial charge on any atom is -0.387 e. The lowest BCUT2D eigenvalue weighted by atomic mass is 9.82. The van der Waals surface area contributed by atoms with E-state index in [1.807, 2.05) is 12.1 Å². The van der Waals surface area contributed by atoms with Gasteiger partial charge in [0.15, 0.2) is 0 Å². The van der Waals surface area contributed by atoms with Crippen LogP contribution in [-0.4, -0.2) is 36.4 Å². The third-order valence-electron chi connectivity index (χ3n) is 4.82. The van der Waals surface area contributed by atoms with Gasteiger partial charge in [0.05, 0.1) is 12.2 Å². The first kappa shape index (κ1) is 16.6. The van der Waals surface area contributed by atoms with Gasteiger partial charge in [-0.25, -0.2) is 4.79 Å². The molecule has 0 radical (unpaired) electrons. The molecule has 1 aliphatic carbocycles. The van der Waals surface area contributed by atoms with E-state index >= 15 is 0 Å². The van der Waals surface area contributed by atoms with Gasteiger partial charge in [-0.05, 0) is 31.7 Å². The van der Waals surface area contributed by atoms with Crippen LogP contribution in [0.25, 0.3) is 0 Å². The number of hydrogen-bond acceptors (Lipinski definition) is 3. The molecule has 2 aliphatic rings. The number of nitrogens with one attached hydrogen (secondary N) is 2. The lowest BCUT2D eigenvalue weighted by Crippen LogP contribution is -2.49. The highest BCUT2D eigenvalue weighted by atomic mass is 35.5. The SMILES string of the molecule is O=C(NCC(O)c1ccccc1Cl)NC1CCCC2OCCC12. The van der Waals surface area contributed by atoms with Gasteiger partial charge in [0, 0.05) is 35.7 Å². The third-order valence-corrected chi connectivity index (χ3v) is 5.16. The average molecular weight is 339 g/mol. The summed E-state index contributed by atoms with van der Waals surface area (Å²) < 4.78 is 5.71. The number of hydrogen-bond donors (Lipinski definition) is 3. The van der Waals surface area contributed by atoms with Gasteiger partial charge in [-0.1, -0.05) is 29.8 Å². The summed E-state index contributed by atoms with van der Waals surface area (Å²) in [6.07, 6.45) is 3.65. The van der Waals surface area contributed by atoms with Crippen molar-refractivity contribution in [2.24, 2.45) is 5.92 Å². The second-order valence-corrected chi connectivity index (χ2v) is 6.70. The molecule has 23 heavy (non-hydrogen) atoms. The van der Waals surface area contributed by atoms with Crippen LogP contribution in [0, 0.1) is 5.92 Å². The summed E-state index contributed by atoms with van der Waals surface area (Å²) in [5, 5.41) is 16.4. The highest BCUT2D eigenvalue weighted by Gasteiger charge is 2.38. The van der Waals surface area contributed by atoms with Crippen LogP contribution in [0.1, 0.15) is 37.4 Å². The Kier molecular flexibility index (Phi) is 5.41. The van der Waals surface area contributed by atoms with E-state index in [4.69, 9.17) is 16.3 Å². The van der Waals surface area contributed by atoms with Crippen molar-refractivity contribution in [3.63, 3.8) is 0 Å². The molecule has 126 valence electrons. The molecule has 0 spiro atoms. The molecular formula is C17H23ClN2O3. The second-order valence-electron chi connectivity index (χ2n) is 6.29. The molecule has 4 unspecified atom stereocenters. The van der Waals surface area contributed by atoms with E-state index in [1.54, 1.807) is 12.1 Å². The van der Waals surface area contributed by atoms with Crippen molar-refractivity contribution in [3.05, 3.63) is 34.9 Å². The van der Waals surface area contributed by atoms with Crippen molar-refractivity contribution in [2.75, 3.05) is 13.2 Å². The molecule has 3 N–H and O–H groups in total. The molecule has 1 aromatic rings. The fourth-order valence-corrected chi connectivity index (χ4v) is 3.88. The fraction of sp³-hybridized carbons (Fsp3) is 0.588. The van der Waals surface area contributed by atoms with Crippen molar-refractivity contribution >= 4 is 17.6 Å². The first-order valence-corrected chi connectivity index (χ1v) is 8.61. The predicted molar refractivity (Wildman–Crippen MR) is 88.4 cm³/mol. The molecule has 4 atom stereocenters. The Morgan fingerprint density at radius 3 is 3.00 bits per heavy atom. The number of carbonyl (C=O) groups is 1. The summed E-state index contributed by atoms with van der Waals surface area (Å²) in [4.78, 5) is 12.1. The van der Waals surface area contributed by atoms with Crippen molar-refractivity contribution in [3.8, 4) is 0 Å². The Labute approximate surface area is 141 Å². The standard InChI is InChI=1S/C17H23ClN2O3/c18-13-5-2-1-4-11(13)15(21)10-19-17(22)20-14-6-3-7-16-12(14)8-9-23-16/h1-2,4-5,12,14-16,21H,3,6-10H2,(H2,19,20,22). The smallest absolute Gasteiger partial charge is 0.315 e. The fourth-order valence-electron chi connectivity index (χ4n) is 3.62. The molecule has 5 nitrogen and oxygen atoms in total. The van der Waals surface area contributed by atoms with Crippen LogP contribution in [0.4, 0.5) is 4.79 Å². The van der Waals surface area contributed by atoms with E-state index in [1.165, 1.54) is 0 Å². The summed E-state index contributed by atoms with van der Waals surface area (Å²) in [5.74, 6) is 0.419. The Balaban J connectivity index is 1.49. The van der Waals surface area contributed by atoms with Gasteiger partial charge in [0.25, 0.3) is 0 Å². The second kappa shape index (κ2) is 7.51. The van der Waals surface area contributed by atoms with Crippen LogP contribution in [0.5, 0.6) is 0 Å². The van der Waals surface area contributed by atoms with E-state index in [0.717, 1.165) is 32.3 Å². The number of ether oxygens (including phenoxy) is 1. The molecule has 0 aromatic heterocycles. The molecule has 1 aliphatic heterocycles. The van der Waals surface area contributed by atoms with Crippen LogP contribution >= 0.6 is 11.6 Å². The number of urea groups is 1. The van der Waals surface area contributed by atoms with Crippen LogP contribution in [0.15, 0.2) is 24.3 Å². The molecule has 1 saturated heterocycles. The van der Waals surface area contributed by atoms with E-state index in [2.05, 4.69) is 10.6 Å². The lowest BCUT2D eigenvalue weighted by Gasteiger charge is -2.33. The first-order valence-electron chi connectivity index (χ1n) is 8.23. The number of rotatable bonds is 4. The maximum absolute atomic E-state index is 12.1. The number of amides is 2. The third kappa shape index (κ3) is 3.97. The van der Waals surface area contributed by atoms with Crippen molar-refractivity contribution in [2.45, 2.75) is 43.9 Å². The summed E-state index contributed by atoms with van der Waals surface area (Å²) in [5.41, 5.74) is 0.622. The summed E-state index contributed by atoms with van der Waals surface area (Å²) in [6, 6.07) is 7.02. The van der Waals surface area contributed by atoms with Gasteiger partial charge in [-0.15, -0.1) is 0 Å². The van der Waals surface area contributed by atoms with Gasteiger partial charge < -0.3 is 20.5 Å². The molecule has 1 heterocycles. The van der Waals surface area contributed by atoms with E-state index in [9.17, 15) is 9.90 Å². The Morgan fingerprint density at radius 1 is 1.35 bits per heavy atom. The van der Waals surface area contributed by atoms with Gasteiger partial charge in [0.2, 0.25) is 0 Å².